The SMILES string of the molecule is C=C/C=C\c1c(C)c(N(c2ccc(-c3ccccc3)cc2)c2ccc(-c3ccc(-c4cccc(-c5ccc6oc7ccc(-c8cccc9ccccc89)cc7c6c5)c4)cc3)cc2)cc2ccccc12. The summed E-state index contributed by atoms with van der Waals surface area (Å²) in [6, 6.07) is 85.4. The third-order valence-corrected chi connectivity index (χ3v) is 13.6. The maximum absolute atomic E-state index is 6.37. The van der Waals surface area contributed by atoms with E-state index < -0.39 is 0 Å². The first kappa shape index (κ1) is 41.5. The second-order valence-corrected chi connectivity index (χ2v) is 17.8. The maximum atomic E-state index is 6.37. The van der Waals surface area contributed by atoms with Crippen molar-refractivity contribution < 1.29 is 4.42 Å². The Morgan fingerprint density at radius 3 is 1.51 bits per heavy atom. The van der Waals surface area contributed by atoms with E-state index in [4.69, 9.17) is 4.42 Å². The molecule has 0 fully saturated rings. The van der Waals surface area contributed by atoms with Gasteiger partial charge in [0, 0.05) is 22.1 Å². The molecular weight excluding hydrogens is 835 g/mol. The summed E-state index contributed by atoms with van der Waals surface area (Å²) in [5.74, 6) is 0. The number of rotatable bonds is 10. The number of allylic oxidation sites excluding steroid dienone is 2. The van der Waals surface area contributed by atoms with Crippen molar-refractivity contribution in [3.05, 3.63) is 266 Å². The summed E-state index contributed by atoms with van der Waals surface area (Å²) in [5.41, 5.74) is 19.3. The second kappa shape index (κ2) is 17.7. The third-order valence-electron chi connectivity index (χ3n) is 13.6. The van der Waals surface area contributed by atoms with Gasteiger partial charge >= 0.3 is 0 Å². The van der Waals surface area contributed by atoms with Crippen LogP contribution in [0.4, 0.5) is 17.1 Å². The molecule has 11 aromatic carbocycles. The van der Waals surface area contributed by atoms with Crippen LogP contribution < -0.4 is 4.90 Å². The smallest absolute Gasteiger partial charge is 0.135 e. The molecule has 0 aliphatic carbocycles. The molecule has 0 saturated heterocycles. The fraction of sp³-hybridized carbons (Fsp3) is 0.0149. The van der Waals surface area contributed by atoms with Gasteiger partial charge < -0.3 is 9.32 Å². The normalized spacial score (nSPS) is 11.6. The molecule has 69 heavy (non-hydrogen) atoms. The monoisotopic (exact) mass is 881 g/mol. The maximum Gasteiger partial charge on any atom is 0.135 e. The number of hydrogen-bond donors (Lipinski definition) is 0. The van der Waals surface area contributed by atoms with Crippen molar-refractivity contribution in [1.82, 2.24) is 0 Å². The van der Waals surface area contributed by atoms with Crippen LogP contribution in [0, 0.1) is 6.92 Å². The highest BCUT2D eigenvalue weighted by Gasteiger charge is 2.19. The molecule has 326 valence electrons. The molecule has 0 radical (unpaired) electrons. The highest BCUT2D eigenvalue weighted by molar-refractivity contribution is 6.09. The van der Waals surface area contributed by atoms with Gasteiger partial charge in [-0.3, -0.25) is 0 Å². The van der Waals surface area contributed by atoms with E-state index in [0.717, 1.165) is 50.1 Å². The van der Waals surface area contributed by atoms with E-state index in [9.17, 15) is 0 Å². The van der Waals surface area contributed by atoms with E-state index in [2.05, 4.69) is 261 Å². The lowest BCUT2D eigenvalue weighted by Gasteiger charge is -2.29. The molecule has 0 atom stereocenters. The predicted octanol–water partition coefficient (Wildman–Crippen LogP) is 19.2. The number of hydrogen-bond acceptors (Lipinski definition) is 2. The second-order valence-electron chi connectivity index (χ2n) is 17.8. The van der Waals surface area contributed by atoms with E-state index in [1.54, 1.807) is 0 Å². The molecule has 0 amide bonds. The first-order chi connectivity index (χ1) is 34.1. The van der Waals surface area contributed by atoms with Crippen molar-refractivity contribution in [3.8, 4) is 55.6 Å². The number of benzene rings is 11. The highest BCUT2D eigenvalue weighted by Crippen LogP contribution is 2.43. The number of nitrogens with zero attached hydrogens (tertiary/aromatic N) is 1. The van der Waals surface area contributed by atoms with Crippen LogP contribution in [-0.2, 0) is 0 Å². The topological polar surface area (TPSA) is 16.4 Å². The van der Waals surface area contributed by atoms with Gasteiger partial charge in [0.2, 0.25) is 0 Å². The van der Waals surface area contributed by atoms with E-state index in [1.807, 2.05) is 12.2 Å². The van der Waals surface area contributed by atoms with Crippen molar-refractivity contribution in [2.75, 3.05) is 4.90 Å². The van der Waals surface area contributed by atoms with Crippen molar-refractivity contribution in [2.45, 2.75) is 6.92 Å². The molecule has 0 saturated carbocycles. The Morgan fingerprint density at radius 1 is 0.377 bits per heavy atom. The Kier molecular flexibility index (Phi) is 10.6. The van der Waals surface area contributed by atoms with Crippen molar-refractivity contribution in [1.29, 1.82) is 0 Å². The summed E-state index contributed by atoms with van der Waals surface area (Å²) >= 11 is 0. The molecule has 2 heteroatoms. The zero-order valence-electron chi connectivity index (χ0n) is 38.3. The van der Waals surface area contributed by atoms with Gasteiger partial charge in [0.25, 0.3) is 0 Å². The lowest BCUT2D eigenvalue weighted by molar-refractivity contribution is 0.669. The van der Waals surface area contributed by atoms with Crippen LogP contribution in [0.3, 0.4) is 0 Å². The van der Waals surface area contributed by atoms with Gasteiger partial charge in [-0.25, -0.2) is 0 Å². The van der Waals surface area contributed by atoms with E-state index in [1.165, 1.54) is 77.2 Å². The van der Waals surface area contributed by atoms with Crippen LogP contribution in [0.2, 0.25) is 0 Å². The molecule has 0 spiro atoms. The molecule has 1 aromatic heterocycles. The average Bonchev–Trinajstić information content (AvgIpc) is 3.79. The first-order valence-corrected chi connectivity index (χ1v) is 23.6. The van der Waals surface area contributed by atoms with Gasteiger partial charge in [-0.2, -0.15) is 0 Å². The zero-order valence-corrected chi connectivity index (χ0v) is 38.3. The lowest BCUT2D eigenvalue weighted by atomic mass is 9.95. The summed E-state index contributed by atoms with van der Waals surface area (Å²) in [4.78, 5) is 2.39. The first-order valence-electron chi connectivity index (χ1n) is 23.6. The van der Waals surface area contributed by atoms with Crippen LogP contribution in [0.1, 0.15) is 11.1 Å². The van der Waals surface area contributed by atoms with E-state index in [-0.39, 0.29) is 0 Å². The van der Waals surface area contributed by atoms with Gasteiger partial charge in [-0.1, -0.05) is 201 Å². The van der Waals surface area contributed by atoms with E-state index in [0.29, 0.717) is 0 Å². The minimum Gasteiger partial charge on any atom is -0.456 e. The zero-order chi connectivity index (χ0) is 46.3. The van der Waals surface area contributed by atoms with Crippen molar-refractivity contribution in [2.24, 2.45) is 0 Å². The minimum atomic E-state index is 0.892. The standard InChI is InChI=1S/C67H47NO/c1-3-4-21-59-45(2)65(44-55-17-9-11-23-61(55)59)68(57-35-29-48(30-36-57)46-14-6-5-7-15-46)58-37-31-49(32-38-58)47-25-27-50(28-26-47)52-19-12-20-53(41-52)54-33-39-66-63(42-54)64-43-56(34-40-67(64)69-66)62-24-13-18-51-16-8-10-22-60(51)62/h3-44H,1H2,2H3/b21-4-. The molecule has 0 aliphatic rings. The minimum absolute atomic E-state index is 0.892. The van der Waals surface area contributed by atoms with Gasteiger partial charge in [0.1, 0.15) is 11.2 Å². The molecule has 0 aliphatic heterocycles. The Labute approximate surface area is 403 Å². The molecule has 12 rings (SSSR count). The number of furan rings is 1. The predicted molar refractivity (Wildman–Crippen MR) is 295 cm³/mol. The fourth-order valence-electron chi connectivity index (χ4n) is 10.1. The Hall–Kier alpha value is -8.98. The average molecular weight is 882 g/mol. The number of anilines is 3. The quantitative estimate of drug-likeness (QED) is 0.127. The molecule has 0 bridgehead atoms. The molecule has 12 aromatic rings. The van der Waals surface area contributed by atoms with Crippen molar-refractivity contribution in [3.63, 3.8) is 0 Å². The summed E-state index contributed by atoms with van der Waals surface area (Å²) < 4.78 is 6.37. The van der Waals surface area contributed by atoms with E-state index >= 15 is 0 Å². The van der Waals surface area contributed by atoms with Crippen LogP contribution in [0.5, 0.6) is 0 Å². The molecule has 2 nitrogen and oxygen atoms in total. The number of fused-ring (bicyclic) bond motifs is 5. The summed E-state index contributed by atoms with van der Waals surface area (Å²) in [5, 5.41) is 7.14. The molecular formula is C67H47NO. The van der Waals surface area contributed by atoms with Gasteiger partial charge in [0.15, 0.2) is 0 Å². The van der Waals surface area contributed by atoms with Crippen LogP contribution >= 0.6 is 0 Å². The highest BCUT2D eigenvalue weighted by atomic mass is 16.3. The molecule has 0 unspecified atom stereocenters. The van der Waals surface area contributed by atoms with Crippen LogP contribution in [0.15, 0.2) is 260 Å². The molecule has 0 N–H and O–H groups in total. The fourth-order valence-corrected chi connectivity index (χ4v) is 10.1. The lowest BCUT2D eigenvalue weighted by Crippen LogP contribution is -2.12. The summed E-state index contributed by atoms with van der Waals surface area (Å²) in [7, 11) is 0. The van der Waals surface area contributed by atoms with Crippen molar-refractivity contribution >= 4 is 66.6 Å². The Balaban J connectivity index is 0.850. The largest absolute Gasteiger partial charge is 0.456 e. The molecule has 1 heterocycles. The van der Waals surface area contributed by atoms with Crippen LogP contribution in [-0.4, -0.2) is 0 Å². The summed E-state index contributed by atoms with van der Waals surface area (Å²) in [6.07, 6.45) is 6.05. The Morgan fingerprint density at radius 2 is 0.841 bits per heavy atom. The van der Waals surface area contributed by atoms with Gasteiger partial charge in [-0.05, 0) is 156 Å². The summed E-state index contributed by atoms with van der Waals surface area (Å²) in [6.45, 7) is 6.19. The van der Waals surface area contributed by atoms with Gasteiger partial charge in [0.05, 0.1) is 5.69 Å². The third kappa shape index (κ3) is 7.78. The van der Waals surface area contributed by atoms with Crippen LogP contribution in [0.25, 0.3) is 105 Å². The van der Waals surface area contributed by atoms with Gasteiger partial charge in [-0.15, -0.1) is 0 Å². The Bertz CT molecular complexity index is 3890.